The van der Waals surface area contributed by atoms with Gasteiger partial charge in [0.05, 0.1) is 6.54 Å². The van der Waals surface area contributed by atoms with Gasteiger partial charge in [0.1, 0.15) is 12.3 Å². The summed E-state index contributed by atoms with van der Waals surface area (Å²) in [5, 5.41) is 6.47. The first-order valence-electron chi connectivity index (χ1n) is 8.41. The van der Waals surface area contributed by atoms with Crippen LogP contribution in [-0.2, 0) is 6.54 Å². The second kappa shape index (κ2) is 9.36. The van der Waals surface area contributed by atoms with Gasteiger partial charge in [-0.25, -0.2) is 13.8 Å². The largest absolute Gasteiger partial charge is 0.454 e. The number of alkyl halides is 2. The zero-order valence-corrected chi connectivity index (χ0v) is 14.3. The van der Waals surface area contributed by atoms with Gasteiger partial charge in [-0.15, -0.1) is 0 Å². The Labute approximate surface area is 145 Å². The van der Waals surface area contributed by atoms with E-state index in [1.807, 2.05) is 6.92 Å². The summed E-state index contributed by atoms with van der Waals surface area (Å²) in [4.78, 5) is 17.2. The molecule has 9 heteroatoms. The van der Waals surface area contributed by atoms with E-state index in [0.717, 1.165) is 12.8 Å². The van der Waals surface area contributed by atoms with E-state index in [9.17, 15) is 13.6 Å². The molecule has 0 aliphatic carbocycles. The fourth-order valence-corrected chi connectivity index (χ4v) is 2.72. The highest BCUT2D eigenvalue weighted by molar-refractivity contribution is 5.89. The zero-order valence-electron chi connectivity index (χ0n) is 14.3. The number of halogens is 2. The van der Waals surface area contributed by atoms with Crippen LogP contribution in [0.1, 0.15) is 36.1 Å². The van der Waals surface area contributed by atoms with Crippen molar-refractivity contribution in [3.05, 3.63) is 23.7 Å². The van der Waals surface area contributed by atoms with Crippen molar-refractivity contribution in [3.63, 3.8) is 0 Å². The molecule has 2 rings (SSSR count). The van der Waals surface area contributed by atoms with Crippen LogP contribution in [-0.4, -0.2) is 55.4 Å². The molecule has 4 N–H and O–H groups in total. The predicted molar refractivity (Wildman–Crippen MR) is 90.6 cm³/mol. The number of amides is 1. The number of carbonyl (C=O) groups is 1. The molecule has 0 aromatic carbocycles. The second-order valence-electron chi connectivity index (χ2n) is 5.94. The minimum Gasteiger partial charge on any atom is -0.454 e. The number of furan rings is 1. The van der Waals surface area contributed by atoms with Gasteiger partial charge in [0.25, 0.3) is 12.3 Å². The lowest BCUT2D eigenvalue weighted by molar-refractivity contribution is 0.0744. The minimum absolute atomic E-state index is 0.106. The molecule has 25 heavy (non-hydrogen) atoms. The highest BCUT2D eigenvalue weighted by Gasteiger charge is 2.22. The first-order chi connectivity index (χ1) is 12.0. The number of primary amides is 1. The van der Waals surface area contributed by atoms with E-state index < -0.39 is 12.3 Å². The van der Waals surface area contributed by atoms with Crippen LogP contribution in [0, 0.1) is 0 Å². The van der Waals surface area contributed by atoms with Crippen molar-refractivity contribution in [2.75, 3.05) is 26.2 Å². The maximum absolute atomic E-state index is 12.4. The van der Waals surface area contributed by atoms with Crippen molar-refractivity contribution < 1.29 is 18.0 Å². The number of guanidine groups is 1. The van der Waals surface area contributed by atoms with Gasteiger partial charge in [-0.3, -0.25) is 9.69 Å². The van der Waals surface area contributed by atoms with Crippen molar-refractivity contribution >= 4 is 11.9 Å². The predicted octanol–water partition coefficient (Wildman–Crippen LogP) is 1.16. The van der Waals surface area contributed by atoms with E-state index in [0.29, 0.717) is 31.4 Å². The Hall–Kier alpha value is -2.16. The number of nitrogens with two attached hydrogens (primary N) is 1. The van der Waals surface area contributed by atoms with Crippen LogP contribution in [0.2, 0.25) is 0 Å². The first kappa shape index (κ1) is 19.2. The van der Waals surface area contributed by atoms with E-state index in [2.05, 4.69) is 15.6 Å². The number of rotatable bonds is 7. The van der Waals surface area contributed by atoms with Crippen LogP contribution < -0.4 is 16.4 Å². The van der Waals surface area contributed by atoms with Crippen LogP contribution in [0.25, 0.3) is 0 Å². The average molecular weight is 357 g/mol. The van der Waals surface area contributed by atoms with Gasteiger partial charge in [-0.05, 0) is 31.9 Å². The van der Waals surface area contributed by atoms with Gasteiger partial charge in [0.2, 0.25) is 0 Å². The molecule has 0 saturated carbocycles. The van der Waals surface area contributed by atoms with Crippen molar-refractivity contribution in [3.8, 4) is 0 Å². The summed E-state index contributed by atoms with van der Waals surface area (Å²) in [6.45, 7) is 4.04. The Morgan fingerprint density at radius 2 is 2.16 bits per heavy atom. The number of likely N-dealkylation sites (tertiary alicyclic amines) is 1. The van der Waals surface area contributed by atoms with Crippen molar-refractivity contribution in [2.24, 2.45) is 10.7 Å². The van der Waals surface area contributed by atoms with E-state index in [-0.39, 0.29) is 24.9 Å². The smallest absolute Gasteiger partial charge is 0.284 e. The third-order valence-corrected chi connectivity index (χ3v) is 3.97. The lowest BCUT2D eigenvalue weighted by Gasteiger charge is -2.32. The van der Waals surface area contributed by atoms with Gasteiger partial charge in [0.15, 0.2) is 11.7 Å². The quantitative estimate of drug-likeness (QED) is 0.503. The van der Waals surface area contributed by atoms with E-state index in [4.69, 9.17) is 10.2 Å². The molecule has 1 aromatic heterocycles. The molecule has 1 saturated heterocycles. The summed E-state index contributed by atoms with van der Waals surface area (Å²) in [6, 6.07) is 3.37. The standard InChI is InChI=1S/C16H25F2N5O2/c1-2-20-16(21-9-12-3-4-13(25-12)15(19)24)22-11-5-7-23(8-6-11)10-14(17)18/h3-4,11,14H,2,5-10H2,1H3,(H2,19,24)(H2,20,21,22). The molecule has 140 valence electrons. The summed E-state index contributed by atoms with van der Waals surface area (Å²) < 4.78 is 30.1. The Morgan fingerprint density at radius 1 is 1.44 bits per heavy atom. The maximum atomic E-state index is 12.4. The minimum atomic E-state index is -2.29. The molecule has 1 fully saturated rings. The summed E-state index contributed by atoms with van der Waals surface area (Å²) >= 11 is 0. The molecule has 0 bridgehead atoms. The third kappa shape index (κ3) is 6.33. The number of hydrogen-bond donors (Lipinski definition) is 3. The van der Waals surface area contributed by atoms with E-state index in [1.54, 1.807) is 11.0 Å². The number of aliphatic imine (C=N–C) groups is 1. The highest BCUT2D eigenvalue weighted by Crippen LogP contribution is 2.12. The van der Waals surface area contributed by atoms with E-state index >= 15 is 0 Å². The lowest BCUT2D eigenvalue weighted by Crippen LogP contribution is -2.49. The summed E-state index contributed by atoms with van der Waals surface area (Å²) in [7, 11) is 0. The zero-order chi connectivity index (χ0) is 18.2. The fraction of sp³-hybridized carbons (Fsp3) is 0.625. The average Bonchev–Trinajstić information content (AvgIpc) is 3.03. The molecule has 7 nitrogen and oxygen atoms in total. The molecule has 0 atom stereocenters. The number of carbonyl (C=O) groups excluding carboxylic acids is 1. The first-order valence-corrected chi connectivity index (χ1v) is 8.41. The summed E-state index contributed by atoms with van der Waals surface area (Å²) in [6.07, 6.45) is -0.727. The fourth-order valence-electron chi connectivity index (χ4n) is 2.72. The lowest BCUT2D eigenvalue weighted by atomic mass is 10.1. The molecule has 1 aliphatic heterocycles. The van der Waals surface area contributed by atoms with Crippen molar-refractivity contribution in [2.45, 2.75) is 38.8 Å². The second-order valence-corrected chi connectivity index (χ2v) is 5.94. The number of nitrogens with zero attached hydrogens (tertiary/aromatic N) is 2. The normalized spacial score (nSPS) is 17.0. The maximum Gasteiger partial charge on any atom is 0.284 e. The Morgan fingerprint density at radius 3 is 2.72 bits per heavy atom. The Kier molecular flexibility index (Phi) is 7.17. The molecular weight excluding hydrogens is 332 g/mol. The van der Waals surface area contributed by atoms with Gasteiger partial charge in [-0.1, -0.05) is 0 Å². The van der Waals surface area contributed by atoms with Gasteiger partial charge < -0.3 is 20.8 Å². The molecule has 0 radical (unpaired) electrons. The SMILES string of the molecule is CCNC(=NCc1ccc(C(N)=O)o1)NC1CCN(CC(F)F)CC1. The monoisotopic (exact) mass is 357 g/mol. The molecule has 0 unspecified atom stereocenters. The molecule has 2 heterocycles. The summed E-state index contributed by atoms with van der Waals surface area (Å²) in [5.41, 5.74) is 5.15. The van der Waals surface area contributed by atoms with Crippen LogP contribution in [0.5, 0.6) is 0 Å². The number of nitrogens with one attached hydrogen (secondary N) is 2. The van der Waals surface area contributed by atoms with Gasteiger partial charge >= 0.3 is 0 Å². The molecule has 0 spiro atoms. The summed E-state index contributed by atoms with van der Waals surface area (Å²) in [5.74, 6) is 0.662. The number of piperidine rings is 1. The van der Waals surface area contributed by atoms with Crippen LogP contribution in [0.15, 0.2) is 21.5 Å². The van der Waals surface area contributed by atoms with Crippen molar-refractivity contribution in [1.82, 2.24) is 15.5 Å². The van der Waals surface area contributed by atoms with Crippen LogP contribution in [0.4, 0.5) is 8.78 Å². The Bertz CT molecular complexity index is 583. The van der Waals surface area contributed by atoms with Gasteiger partial charge in [-0.2, -0.15) is 0 Å². The number of hydrogen-bond acceptors (Lipinski definition) is 4. The van der Waals surface area contributed by atoms with Crippen LogP contribution >= 0.6 is 0 Å². The van der Waals surface area contributed by atoms with Crippen LogP contribution in [0.3, 0.4) is 0 Å². The topological polar surface area (TPSA) is 95.9 Å². The molecular formula is C16H25F2N5O2. The molecule has 1 aromatic rings. The molecule has 1 aliphatic rings. The van der Waals surface area contributed by atoms with E-state index in [1.165, 1.54) is 6.07 Å². The Balaban J connectivity index is 1.86. The highest BCUT2D eigenvalue weighted by atomic mass is 19.3. The van der Waals surface area contributed by atoms with Gasteiger partial charge in [0, 0.05) is 25.7 Å². The third-order valence-electron chi connectivity index (χ3n) is 3.97. The van der Waals surface area contributed by atoms with Crippen molar-refractivity contribution in [1.29, 1.82) is 0 Å². The molecule has 1 amide bonds.